The van der Waals surface area contributed by atoms with Crippen LogP contribution >= 0.6 is 0 Å². The van der Waals surface area contributed by atoms with E-state index < -0.39 is 5.41 Å². The summed E-state index contributed by atoms with van der Waals surface area (Å²) in [6.45, 7) is 5.46. The lowest BCUT2D eigenvalue weighted by Gasteiger charge is -2.31. The third-order valence-electron chi connectivity index (χ3n) is 4.17. The maximum absolute atomic E-state index is 10.0. The Kier molecular flexibility index (Phi) is 5.15. The van der Waals surface area contributed by atoms with Crippen molar-refractivity contribution >= 4 is 0 Å². The number of aryl methyl sites for hydroxylation is 2. The van der Waals surface area contributed by atoms with E-state index in [1.165, 1.54) is 0 Å². The molecule has 0 saturated carbocycles. The second kappa shape index (κ2) is 6.87. The maximum atomic E-state index is 10.0. The zero-order valence-corrected chi connectivity index (χ0v) is 12.9. The molecule has 114 valence electrons. The average Bonchev–Trinajstić information content (AvgIpc) is 2.95. The summed E-state index contributed by atoms with van der Waals surface area (Å²) in [5.41, 5.74) is 8.90. The van der Waals surface area contributed by atoms with E-state index >= 15 is 0 Å². The van der Waals surface area contributed by atoms with Gasteiger partial charge in [0.15, 0.2) is 0 Å². The van der Waals surface area contributed by atoms with Crippen LogP contribution in [0.3, 0.4) is 0 Å². The second-order valence-corrected chi connectivity index (χ2v) is 5.48. The third-order valence-corrected chi connectivity index (χ3v) is 4.17. The molecule has 2 aromatic rings. The first kappa shape index (κ1) is 15.7. The lowest BCUT2D eigenvalue weighted by Crippen LogP contribution is -2.41. The van der Waals surface area contributed by atoms with Gasteiger partial charge in [0.2, 0.25) is 0 Å². The van der Waals surface area contributed by atoms with Gasteiger partial charge in [-0.05, 0) is 25.0 Å². The summed E-state index contributed by atoms with van der Waals surface area (Å²) in [6.07, 6.45) is 1.62. The van der Waals surface area contributed by atoms with Crippen molar-refractivity contribution in [2.75, 3.05) is 13.2 Å². The Balaban J connectivity index is 2.39. The fourth-order valence-corrected chi connectivity index (χ4v) is 2.75. The molecule has 4 nitrogen and oxygen atoms in total. The number of aliphatic hydroxyl groups excluding tert-OH is 1. The van der Waals surface area contributed by atoms with Crippen LogP contribution in [0.1, 0.15) is 30.8 Å². The molecule has 1 unspecified atom stereocenters. The minimum Gasteiger partial charge on any atom is -0.395 e. The van der Waals surface area contributed by atoms with Gasteiger partial charge in [-0.15, -0.1) is 0 Å². The van der Waals surface area contributed by atoms with Crippen molar-refractivity contribution in [1.29, 1.82) is 0 Å². The Labute approximate surface area is 126 Å². The van der Waals surface area contributed by atoms with Gasteiger partial charge in [-0.1, -0.05) is 37.3 Å². The first-order valence-electron chi connectivity index (χ1n) is 7.61. The highest BCUT2D eigenvalue weighted by Gasteiger charge is 2.31. The first-order chi connectivity index (χ1) is 10.2. The lowest BCUT2D eigenvalue weighted by atomic mass is 9.77. The van der Waals surface area contributed by atoms with Gasteiger partial charge in [0.25, 0.3) is 0 Å². The Morgan fingerprint density at radius 1 is 1.24 bits per heavy atom. The molecule has 1 aromatic heterocycles. The summed E-state index contributed by atoms with van der Waals surface area (Å²) in [6, 6.07) is 12.2. The summed E-state index contributed by atoms with van der Waals surface area (Å²) in [7, 11) is 0. The summed E-state index contributed by atoms with van der Waals surface area (Å²) >= 11 is 0. The number of aliphatic hydroxyl groups is 1. The molecule has 0 aliphatic rings. The van der Waals surface area contributed by atoms with E-state index in [-0.39, 0.29) is 6.61 Å². The van der Waals surface area contributed by atoms with Crippen molar-refractivity contribution in [2.45, 2.75) is 38.6 Å². The van der Waals surface area contributed by atoms with E-state index in [9.17, 15) is 5.11 Å². The zero-order valence-electron chi connectivity index (χ0n) is 12.9. The lowest BCUT2D eigenvalue weighted by molar-refractivity contribution is 0.193. The van der Waals surface area contributed by atoms with Gasteiger partial charge >= 0.3 is 0 Å². The SMILES string of the molecule is CCc1cc(CC(CN)(CO)c2ccccc2)n(CC)n1. The molecular weight excluding hydrogens is 262 g/mol. The molecule has 3 N–H and O–H groups in total. The second-order valence-electron chi connectivity index (χ2n) is 5.48. The van der Waals surface area contributed by atoms with Crippen LogP contribution in [0.15, 0.2) is 36.4 Å². The Morgan fingerprint density at radius 3 is 2.48 bits per heavy atom. The standard InChI is InChI=1S/C17H25N3O/c1-3-15-10-16(20(4-2)19-15)11-17(12-18,13-21)14-8-6-5-7-9-14/h5-10,21H,3-4,11-13,18H2,1-2H3. The van der Waals surface area contributed by atoms with E-state index in [0.717, 1.165) is 29.9 Å². The average molecular weight is 287 g/mol. The molecule has 21 heavy (non-hydrogen) atoms. The fourth-order valence-electron chi connectivity index (χ4n) is 2.75. The van der Waals surface area contributed by atoms with Crippen molar-refractivity contribution < 1.29 is 5.11 Å². The number of hydrogen-bond donors (Lipinski definition) is 2. The Bertz CT molecular complexity index is 559. The molecule has 1 heterocycles. The van der Waals surface area contributed by atoms with Gasteiger partial charge in [0.05, 0.1) is 12.3 Å². The van der Waals surface area contributed by atoms with Crippen molar-refractivity contribution in [3.8, 4) is 0 Å². The number of hydrogen-bond acceptors (Lipinski definition) is 3. The highest BCUT2D eigenvalue weighted by molar-refractivity contribution is 5.29. The molecule has 0 spiro atoms. The van der Waals surface area contributed by atoms with E-state index in [1.807, 2.05) is 35.0 Å². The topological polar surface area (TPSA) is 64.1 Å². The summed E-state index contributed by atoms with van der Waals surface area (Å²) in [5, 5.41) is 14.6. The Hall–Kier alpha value is -1.65. The van der Waals surface area contributed by atoms with Gasteiger partial charge in [0.1, 0.15) is 0 Å². The zero-order chi connectivity index (χ0) is 15.3. The van der Waals surface area contributed by atoms with Gasteiger partial charge in [-0.3, -0.25) is 4.68 Å². The molecule has 0 radical (unpaired) electrons. The number of benzene rings is 1. The van der Waals surface area contributed by atoms with Crippen LogP contribution in [-0.4, -0.2) is 28.0 Å². The van der Waals surface area contributed by atoms with Crippen LogP contribution in [-0.2, 0) is 24.8 Å². The molecule has 0 fully saturated rings. The van der Waals surface area contributed by atoms with Gasteiger partial charge in [-0.25, -0.2) is 0 Å². The predicted molar refractivity (Wildman–Crippen MR) is 85.2 cm³/mol. The highest BCUT2D eigenvalue weighted by atomic mass is 16.3. The molecular formula is C17H25N3O. The van der Waals surface area contributed by atoms with Gasteiger partial charge in [-0.2, -0.15) is 5.10 Å². The monoisotopic (exact) mass is 287 g/mol. The van der Waals surface area contributed by atoms with Gasteiger partial charge in [0, 0.05) is 30.6 Å². The molecule has 0 saturated heterocycles. The van der Waals surface area contributed by atoms with Crippen molar-refractivity contribution in [3.05, 3.63) is 53.3 Å². The smallest absolute Gasteiger partial charge is 0.0624 e. The minimum absolute atomic E-state index is 0.0316. The van der Waals surface area contributed by atoms with Gasteiger partial charge < -0.3 is 10.8 Å². The number of nitrogens with zero attached hydrogens (tertiary/aromatic N) is 2. The molecule has 2 rings (SSSR count). The number of aromatic nitrogens is 2. The van der Waals surface area contributed by atoms with E-state index in [4.69, 9.17) is 5.73 Å². The van der Waals surface area contributed by atoms with Crippen LogP contribution in [0.25, 0.3) is 0 Å². The van der Waals surface area contributed by atoms with Crippen molar-refractivity contribution in [1.82, 2.24) is 9.78 Å². The van der Waals surface area contributed by atoms with Crippen molar-refractivity contribution in [2.24, 2.45) is 5.73 Å². The molecule has 0 amide bonds. The van der Waals surface area contributed by atoms with Crippen LogP contribution < -0.4 is 5.73 Å². The largest absolute Gasteiger partial charge is 0.395 e. The van der Waals surface area contributed by atoms with Crippen LogP contribution in [0, 0.1) is 0 Å². The fraction of sp³-hybridized carbons (Fsp3) is 0.471. The highest BCUT2D eigenvalue weighted by Crippen LogP contribution is 2.27. The molecule has 4 heteroatoms. The minimum atomic E-state index is -0.445. The molecule has 1 aromatic carbocycles. The van der Waals surface area contributed by atoms with E-state index in [0.29, 0.717) is 13.0 Å². The van der Waals surface area contributed by atoms with Crippen LogP contribution in [0.2, 0.25) is 0 Å². The molecule has 0 bridgehead atoms. The van der Waals surface area contributed by atoms with Crippen LogP contribution in [0.4, 0.5) is 0 Å². The maximum Gasteiger partial charge on any atom is 0.0624 e. The summed E-state index contributed by atoms with van der Waals surface area (Å²) in [5.74, 6) is 0. The molecule has 0 aliphatic carbocycles. The van der Waals surface area contributed by atoms with E-state index in [2.05, 4.69) is 25.0 Å². The van der Waals surface area contributed by atoms with Crippen molar-refractivity contribution in [3.63, 3.8) is 0 Å². The van der Waals surface area contributed by atoms with E-state index in [1.54, 1.807) is 0 Å². The quantitative estimate of drug-likeness (QED) is 0.817. The van der Waals surface area contributed by atoms with Crippen LogP contribution in [0.5, 0.6) is 0 Å². The summed E-state index contributed by atoms with van der Waals surface area (Å²) in [4.78, 5) is 0. The third kappa shape index (κ3) is 3.17. The predicted octanol–water partition coefficient (Wildman–Crippen LogP) is 1.90. The molecule has 1 atom stereocenters. The summed E-state index contributed by atoms with van der Waals surface area (Å²) < 4.78 is 2.02. The normalized spacial score (nSPS) is 14.1. The number of nitrogens with two attached hydrogens (primary N) is 1. The Morgan fingerprint density at radius 2 is 1.95 bits per heavy atom. The number of rotatable bonds is 7. The first-order valence-corrected chi connectivity index (χ1v) is 7.61. The molecule has 0 aliphatic heterocycles.